The van der Waals surface area contributed by atoms with Crippen molar-refractivity contribution in [3.63, 3.8) is 0 Å². The highest BCUT2D eigenvalue weighted by molar-refractivity contribution is 5.43. The van der Waals surface area contributed by atoms with E-state index in [0.717, 1.165) is 6.42 Å². The fourth-order valence-electron chi connectivity index (χ4n) is 2.23. The highest BCUT2D eigenvalue weighted by Crippen LogP contribution is 2.26. The molecular weight excluding hydrogens is 223 g/mol. The summed E-state index contributed by atoms with van der Waals surface area (Å²) in [6.45, 7) is 2.35. The Kier molecular flexibility index (Phi) is 3.59. The van der Waals surface area contributed by atoms with Crippen LogP contribution in [-0.4, -0.2) is 35.9 Å². The number of nitrogens with zero attached hydrogens (tertiary/aromatic N) is 2. The molecule has 1 aromatic heterocycles. The number of halogens is 1. The lowest BCUT2D eigenvalue weighted by molar-refractivity contribution is 0.118. The first-order valence-electron chi connectivity index (χ1n) is 5.73. The SMILES string of the molecule is CC1OCCC1N(C)c1nccc(CO)c1F. The summed E-state index contributed by atoms with van der Waals surface area (Å²) in [6, 6.07) is 1.62. The Balaban J connectivity index is 2.27. The summed E-state index contributed by atoms with van der Waals surface area (Å²) in [5.74, 6) is -0.171. The second kappa shape index (κ2) is 4.98. The molecule has 2 rings (SSSR count). The lowest BCUT2D eigenvalue weighted by atomic mass is 10.1. The first-order chi connectivity index (χ1) is 8.15. The normalized spacial score (nSPS) is 24.0. The van der Waals surface area contributed by atoms with E-state index in [9.17, 15) is 4.39 Å². The number of rotatable bonds is 3. The van der Waals surface area contributed by atoms with Crippen LogP contribution in [0.15, 0.2) is 12.3 Å². The molecule has 0 bridgehead atoms. The van der Waals surface area contributed by atoms with Crippen molar-refractivity contribution >= 4 is 5.82 Å². The van der Waals surface area contributed by atoms with Gasteiger partial charge in [-0.25, -0.2) is 9.37 Å². The minimum Gasteiger partial charge on any atom is -0.392 e. The van der Waals surface area contributed by atoms with Gasteiger partial charge in [-0.1, -0.05) is 0 Å². The first-order valence-corrected chi connectivity index (χ1v) is 5.73. The highest BCUT2D eigenvalue weighted by Gasteiger charge is 2.30. The van der Waals surface area contributed by atoms with Crippen molar-refractivity contribution in [2.45, 2.75) is 32.1 Å². The third kappa shape index (κ3) is 2.25. The molecule has 4 nitrogen and oxygen atoms in total. The van der Waals surface area contributed by atoms with Crippen LogP contribution >= 0.6 is 0 Å². The maximum absolute atomic E-state index is 14.0. The van der Waals surface area contributed by atoms with E-state index in [2.05, 4.69) is 4.98 Å². The van der Waals surface area contributed by atoms with Crippen molar-refractivity contribution < 1.29 is 14.2 Å². The summed E-state index contributed by atoms with van der Waals surface area (Å²) in [5, 5.41) is 9.03. The van der Waals surface area contributed by atoms with Gasteiger partial charge in [-0.2, -0.15) is 0 Å². The van der Waals surface area contributed by atoms with Crippen LogP contribution in [0.25, 0.3) is 0 Å². The summed E-state index contributed by atoms with van der Waals surface area (Å²) < 4.78 is 19.5. The van der Waals surface area contributed by atoms with E-state index in [1.807, 2.05) is 14.0 Å². The van der Waals surface area contributed by atoms with Crippen LogP contribution < -0.4 is 4.90 Å². The van der Waals surface area contributed by atoms with Crippen molar-refractivity contribution in [3.05, 3.63) is 23.6 Å². The first kappa shape index (κ1) is 12.3. The molecular formula is C12H17FN2O2. The van der Waals surface area contributed by atoms with E-state index in [4.69, 9.17) is 9.84 Å². The van der Waals surface area contributed by atoms with Gasteiger partial charge in [0.25, 0.3) is 0 Å². The van der Waals surface area contributed by atoms with Crippen molar-refractivity contribution in [2.75, 3.05) is 18.6 Å². The average molecular weight is 240 g/mol. The number of pyridine rings is 1. The molecule has 2 atom stereocenters. The molecule has 0 aromatic carbocycles. The van der Waals surface area contributed by atoms with Gasteiger partial charge in [0.15, 0.2) is 11.6 Å². The summed E-state index contributed by atoms with van der Waals surface area (Å²) in [7, 11) is 1.81. The van der Waals surface area contributed by atoms with Crippen LogP contribution in [-0.2, 0) is 11.3 Å². The third-order valence-electron chi connectivity index (χ3n) is 3.29. The maximum atomic E-state index is 14.0. The zero-order chi connectivity index (χ0) is 12.4. The Bertz CT molecular complexity index is 400. The minimum absolute atomic E-state index is 0.0685. The number of aliphatic hydroxyl groups is 1. The monoisotopic (exact) mass is 240 g/mol. The molecule has 0 spiro atoms. The van der Waals surface area contributed by atoms with E-state index in [1.54, 1.807) is 4.90 Å². The zero-order valence-electron chi connectivity index (χ0n) is 10.1. The molecule has 2 unspecified atom stereocenters. The van der Waals surface area contributed by atoms with Gasteiger partial charge >= 0.3 is 0 Å². The minimum atomic E-state index is -0.448. The number of aromatic nitrogens is 1. The van der Waals surface area contributed by atoms with Crippen LogP contribution in [0.1, 0.15) is 18.9 Å². The molecule has 2 heterocycles. The van der Waals surface area contributed by atoms with Gasteiger partial charge < -0.3 is 14.7 Å². The summed E-state index contributed by atoms with van der Waals surface area (Å²) in [6.07, 6.45) is 2.45. The molecule has 1 aliphatic heterocycles. The van der Waals surface area contributed by atoms with Crippen LogP contribution in [0.5, 0.6) is 0 Å². The number of hydrogen-bond donors (Lipinski definition) is 1. The Morgan fingerprint density at radius 2 is 2.41 bits per heavy atom. The third-order valence-corrected chi connectivity index (χ3v) is 3.29. The van der Waals surface area contributed by atoms with Crippen molar-refractivity contribution in [1.82, 2.24) is 4.98 Å². The fraction of sp³-hybridized carbons (Fsp3) is 0.583. The fourth-order valence-corrected chi connectivity index (χ4v) is 2.23. The average Bonchev–Trinajstić information content (AvgIpc) is 2.75. The number of aliphatic hydroxyl groups excluding tert-OH is 1. The second-order valence-corrected chi connectivity index (χ2v) is 4.31. The Morgan fingerprint density at radius 3 is 3.00 bits per heavy atom. The van der Waals surface area contributed by atoms with E-state index in [-0.39, 0.29) is 30.1 Å². The van der Waals surface area contributed by atoms with E-state index in [0.29, 0.717) is 6.61 Å². The van der Waals surface area contributed by atoms with E-state index >= 15 is 0 Å². The van der Waals surface area contributed by atoms with E-state index in [1.165, 1.54) is 12.3 Å². The van der Waals surface area contributed by atoms with Gasteiger partial charge in [0.2, 0.25) is 0 Å². The number of hydrogen-bond acceptors (Lipinski definition) is 4. The predicted octanol–water partition coefficient (Wildman–Crippen LogP) is 1.33. The smallest absolute Gasteiger partial charge is 0.171 e. The summed E-state index contributed by atoms with van der Waals surface area (Å²) >= 11 is 0. The van der Waals surface area contributed by atoms with Crippen molar-refractivity contribution in [2.24, 2.45) is 0 Å². The molecule has 17 heavy (non-hydrogen) atoms. The molecule has 1 aromatic rings. The topological polar surface area (TPSA) is 45.6 Å². The quantitative estimate of drug-likeness (QED) is 0.865. The van der Waals surface area contributed by atoms with Crippen molar-refractivity contribution in [1.29, 1.82) is 0 Å². The zero-order valence-corrected chi connectivity index (χ0v) is 10.1. The van der Waals surface area contributed by atoms with Crippen molar-refractivity contribution in [3.8, 4) is 0 Å². The van der Waals surface area contributed by atoms with Gasteiger partial charge in [-0.3, -0.25) is 0 Å². The molecule has 0 aliphatic carbocycles. The number of likely N-dealkylation sites (N-methyl/N-ethyl adjacent to an activating group) is 1. The predicted molar refractivity (Wildman–Crippen MR) is 62.3 cm³/mol. The standard InChI is InChI=1S/C12H17FN2O2/c1-8-10(4-6-17-8)15(2)12-11(13)9(7-16)3-5-14-12/h3,5,8,10,16H,4,6-7H2,1-2H3. The molecule has 0 radical (unpaired) electrons. The van der Waals surface area contributed by atoms with Crippen LogP contribution in [0.3, 0.4) is 0 Å². The lowest BCUT2D eigenvalue weighted by Crippen LogP contribution is -2.38. The highest BCUT2D eigenvalue weighted by atomic mass is 19.1. The maximum Gasteiger partial charge on any atom is 0.171 e. The Hall–Kier alpha value is -1.20. The molecule has 1 N–H and O–H groups in total. The summed E-state index contributed by atoms with van der Waals surface area (Å²) in [5.41, 5.74) is 0.272. The van der Waals surface area contributed by atoms with Gasteiger partial charge in [0, 0.05) is 25.4 Å². The number of ether oxygens (including phenoxy) is 1. The van der Waals surface area contributed by atoms with Crippen LogP contribution in [0.4, 0.5) is 10.2 Å². The molecule has 94 valence electrons. The Labute approximate surface area is 100 Å². The Morgan fingerprint density at radius 1 is 1.65 bits per heavy atom. The van der Waals surface area contributed by atoms with Crippen LogP contribution in [0, 0.1) is 5.82 Å². The van der Waals surface area contributed by atoms with Gasteiger partial charge in [0.1, 0.15) is 0 Å². The van der Waals surface area contributed by atoms with Gasteiger partial charge in [-0.15, -0.1) is 0 Å². The molecule has 1 aliphatic rings. The van der Waals surface area contributed by atoms with Gasteiger partial charge in [-0.05, 0) is 19.4 Å². The molecule has 5 heteroatoms. The molecule has 1 fully saturated rings. The lowest BCUT2D eigenvalue weighted by Gasteiger charge is -2.28. The largest absolute Gasteiger partial charge is 0.392 e. The molecule has 1 saturated heterocycles. The number of anilines is 1. The van der Waals surface area contributed by atoms with E-state index < -0.39 is 5.82 Å². The second-order valence-electron chi connectivity index (χ2n) is 4.31. The summed E-state index contributed by atoms with van der Waals surface area (Å²) in [4.78, 5) is 5.85. The van der Waals surface area contributed by atoms with Gasteiger partial charge in [0.05, 0.1) is 18.8 Å². The van der Waals surface area contributed by atoms with Crippen LogP contribution in [0.2, 0.25) is 0 Å². The molecule has 0 amide bonds. The molecule has 0 saturated carbocycles.